The standard InChI is InChI=1S/C14H13ClN2O2/c1-8-4-2-6-10(15)12(8)17-13-9(14(18)19)5-3-7-11(13)16/h2-7,17H,16H2,1H3,(H,18,19). The van der Waals surface area contributed by atoms with Gasteiger partial charge in [-0.3, -0.25) is 0 Å². The van der Waals surface area contributed by atoms with Gasteiger partial charge >= 0.3 is 5.97 Å². The zero-order valence-corrected chi connectivity index (χ0v) is 11.0. The Hall–Kier alpha value is -2.20. The highest BCUT2D eigenvalue weighted by Gasteiger charge is 2.14. The Morgan fingerprint density at radius 3 is 2.53 bits per heavy atom. The van der Waals surface area contributed by atoms with Crippen molar-refractivity contribution in [3.05, 3.63) is 52.5 Å². The van der Waals surface area contributed by atoms with E-state index in [4.69, 9.17) is 17.3 Å². The van der Waals surface area contributed by atoms with Crippen molar-refractivity contribution < 1.29 is 9.90 Å². The molecule has 4 nitrogen and oxygen atoms in total. The topological polar surface area (TPSA) is 75.3 Å². The second-order valence-corrected chi connectivity index (χ2v) is 4.54. The maximum absolute atomic E-state index is 11.2. The van der Waals surface area contributed by atoms with Crippen molar-refractivity contribution in [3.63, 3.8) is 0 Å². The molecular weight excluding hydrogens is 264 g/mol. The number of benzene rings is 2. The average molecular weight is 277 g/mol. The highest BCUT2D eigenvalue weighted by atomic mass is 35.5. The van der Waals surface area contributed by atoms with E-state index < -0.39 is 5.97 Å². The number of para-hydroxylation sites is 2. The highest BCUT2D eigenvalue weighted by molar-refractivity contribution is 6.33. The molecule has 0 aromatic heterocycles. The number of hydrogen-bond acceptors (Lipinski definition) is 3. The molecule has 0 heterocycles. The molecule has 0 saturated heterocycles. The fourth-order valence-electron chi connectivity index (χ4n) is 1.80. The lowest BCUT2D eigenvalue weighted by atomic mass is 10.1. The first-order valence-electron chi connectivity index (χ1n) is 5.64. The van der Waals surface area contributed by atoms with Crippen molar-refractivity contribution in [2.45, 2.75) is 6.92 Å². The predicted molar refractivity (Wildman–Crippen MR) is 77.3 cm³/mol. The molecule has 98 valence electrons. The molecule has 2 aromatic carbocycles. The van der Waals surface area contributed by atoms with E-state index in [0.717, 1.165) is 5.56 Å². The molecule has 5 heteroatoms. The minimum absolute atomic E-state index is 0.110. The van der Waals surface area contributed by atoms with E-state index in [1.807, 2.05) is 19.1 Å². The van der Waals surface area contributed by atoms with Gasteiger partial charge in [0.25, 0.3) is 0 Å². The first kappa shape index (κ1) is 13.2. The Balaban J connectivity index is 2.52. The number of carboxylic acids is 1. The number of anilines is 3. The maximum Gasteiger partial charge on any atom is 0.337 e. The third-order valence-corrected chi connectivity index (χ3v) is 3.11. The average Bonchev–Trinajstić information content (AvgIpc) is 2.35. The number of hydrogen-bond donors (Lipinski definition) is 3. The Morgan fingerprint density at radius 1 is 1.21 bits per heavy atom. The molecule has 0 unspecified atom stereocenters. The van der Waals surface area contributed by atoms with Gasteiger partial charge in [0, 0.05) is 0 Å². The Kier molecular flexibility index (Phi) is 3.62. The molecule has 0 aliphatic heterocycles. The van der Waals surface area contributed by atoms with Crippen LogP contribution in [0.5, 0.6) is 0 Å². The lowest BCUT2D eigenvalue weighted by Crippen LogP contribution is -2.06. The van der Waals surface area contributed by atoms with E-state index in [0.29, 0.717) is 22.1 Å². The number of aromatic carboxylic acids is 1. The van der Waals surface area contributed by atoms with Crippen LogP contribution in [0.4, 0.5) is 17.1 Å². The summed E-state index contributed by atoms with van der Waals surface area (Å²) < 4.78 is 0. The summed E-state index contributed by atoms with van der Waals surface area (Å²) in [5.41, 5.74) is 8.23. The fourth-order valence-corrected chi connectivity index (χ4v) is 2.07. The summed E-state index contributed by atoms with van der Waals surface area (Å²) in [6, 6.07) is 10.2. The molecule has 2 aromatic rings. The van der Waals surface area contributed by atoms with Gasteiger partial charge in [-0.25, -0.2) is 4.79 Å². The van der Waals surface area contributed by atoms with E-state index in [9.17, 15) is 9.90 Å². The lowest BCUT2D eigenvalue weighted by Gasteiger charge is -2.15. The van der Waals surface area contributed by atoms with Crippen LogP contribution in [0, 0.1) is 6.92 Å². The maximum atomic E-state index is 11.2. The monoisotopic (exact) mass is 276 g/mol. The van der Waals surface area contributed by atoms with Crippen LogP contribution < -0.4 is 11.1 Å². The molecule has 0 fully saturated rings. The van der Waals surface area contributed by atoms with E-state index in [2.05, 4.69) is 5.32 Å². The van der Waals surface area contributed by atoms with Gasteiger partial charge < -0.3 is 16.2 Å². The molecule has 19 heavy (non-hydrogen) atoms. The third kappa shape index (κ3) is 2.63. The molecule has 0 radical (unpaired) electrons. The molecule has 2 rings (SSSR count). The van der Waals surface area contributed by atoms with Crippen molar-refractivity contribution in [2.24, 2.45) is 0 Å². The Morgan fingerprint density at radius 2 is 1.89 bits per heavy atom. The van der Waals surface area contributed by atoms with Crippen LogP contribution in [0.3, 0.4) is 0 Å². The van der Waals surface area contributed by atoms with Crippen LogP contribution in [0.15, 0.2) is 36.4 Å². The molecule has 0 aliphatic carbocycles. The Labute approximate surface area is 115 Å². The van der Waals surface area contributed by atoms with Crippen molar-refractivity contribution in [3.8, 4) is 0 Å². The molecular formula is C14H13ClN2O2. The summed E-state index contributed by atoms with van der Waals surface area (Å²) >= 11 is 6.11. The predicted octanol–water partition coefficient (Wildman–Crippen LogP) is 3.67. The van der Waals surface area contributed by atoms with Gasteiger partial charge in [-0.2, -0.15) is 0 Å². The van der Waals surface area contributed by atoms with Gasteiger partial charge in [0.1, 0.15) is 0 Å². The number of rotatable bonds is 3. The van der Waals surface area contributed by atoms with Gasteiger partial charge in [-0.1, -0.05) is 29.8 Å². The van der Waals surface area contributed by atoms with Crippen molar-refractivity contribution >= 4 is 34.6 Å². The molecule has 0 bridgehead atoms. The zero-order chi connectivity index (χ0) is 14.0. The Bertz CT molecular complexity index is 621. The smallest absolute Gasteiger partial charge is 0.337 e. The minimum Gasteiger partial charge on any atom is -0.478 e. The molecule has 0 atom stereocenters. The van der Waals surface area contributed by atoms with Crippen LogP contribution in [0.25, 0.3) is 0 Å². The van der Waals surface area contributed by atoms with Crippen LogP contribution in [-0.2, 0) is 0 Å². The summed E-state index contributed by atoms with van der Waals surface area (Å²) in [4.78, 5) is 11.2. The van der Waals surface area contributed by atoms with Gasteiger partial charge in [-0.15, -0.1) is 0 Å². The van der Waals surface area contributed by atoms with E-state index >= 15 is 0 Å². The first-order chi connectivity index (χ1) is 9.00. The molecule has 4 N–H and O–H groups in total. The van der Waals surface area contributed by atoms with Crippen LogP contribution in [0.2, 0.25) is 5.02 Å². The first-order valence-corrected chi connectivity index (χ1v) is 6.02. The van der Waals surface area contributed by atoms with Gasteiger partial charge in [0.05, 0.1) is 27.6 Å². The number of nitrogens with one attached hydrogen (secondary N) is 1. The lowest BCUT2D eigenvalue weighted by molar-refractivity contribution is 0.0698. The molecule has 0 spiro atoms. The summed E-state index contributed by atoms with van der Waals surface area (Å²) in [7, 11) is 0. The van der Waals surface area contributed by atoms with Gasteiger partial charge in [-0.05, 0) is 30.7 Å². The summed E-state index contributed by atoms with van der Waals surface area (Å²) in [5.74, 6) is -1.04. The number of aryl methyl sites for hydroxylation is 1. The summed E-state index contributed by atoms with van der Waals surface area (Å²) in [6.45, 7) is 1.88. The van der Waals surface area contributed by atoms with E-state index in [1.165, 1.54) is 6.07 Å². The summed E-state index contributed by atoms with van der Waals surface area (Å²) in [6.07, 6.45) is 0. The number of halogens is 1. The van der Waals surface area contributed by atoms with Crippen LogP contribution in [0.1, 0.15) is 15.9 Å². The van der Waals surface area contributed by atoms with Crippen molar-refractivity contribution in [1.82, 2.24) is 0 Å². The number of carbonyl (C=O) groups is 1. The SMILES string of the molecule is Cc1cccc(Cl)c1Nc1c(N)cccc1C(=O)O. The second kappa shape index (κ2) is 5.20. The number of nitrogens with two attached hydrogens (primary N) is 1. The van der Waals surface area contributed by atoms with Crippen LogP contribution in [-0.4, -0.2) is 11.1 Å². The molecule has 0 aliphatic rings. The quantitative estimate of drug-likeness (QED) is 0.748. The third-order valence-electron chi connectivity index (χ3n) is 2.80. The van der Waals surface area contributed by atoms with Gasteiger partial charge in [0.2, 0.25) is 0 Å². The van der Waals surface area contributed by atoms with Crippen molar-refractivity contribution in [2.75, 3.05) is 11.1 Å². The highest BCUT2D eigenvalue weighted by Crippen LogP contribution is 2.33. The number of nitrogen functional groups attached to an aromatic ring is 1. The minimum atomic E-state index is -1.04. The normalized spacial score (nSPS) is 10.2. The van der Waals surface area contributed by atoms with Crippen molar-refractivity contribution in [1.29, 1.82) is 0 Å². The molecule has 0 saturated carbocycles. The second-order valence-electron chi connectivity index (χ2n) is 4.13. The largest absolute Gasteiger partial charge is 0.478 e. The van der Waals surface area contributed by atoms with Crippen LogP contribution >= 0.6 is 11.6 Å². The van der Waals surface area contributed by atoms with E-state index in [1.54, 1.807) is 18.2 Å². The van der Waals surface area contributed by atoms with E-state index in [-0.39, 0.29) is 5.56 Å². The van der Waals surface area contributed by atoms with Gasteiger partial charge in [0.15, 0.2) is 0 Å². The number of carboxylic acid groups (broad SMARTS) is 1. The molecule has 0 amide bonds. The summed E-state index contributed by atoms with van der Waals surface area (Å²) in [5, 5.41) is 12.7. The zero-order valence-electron chi connectivity index (χ0n) is 10.3. The fraction of sp³-hybridized carbons (Fsp3) is 0.0714.